The van der Waals surface area contributed by atoms with E-state index in [4.69, 9.17) is 0 Å². The van der Waals surface area contributed by atoms with Crippen molar-refractivity contribution >= 4 is 70.0 Å². The molecule has 0 radical (unpaired) electrons. The van der Waals surface area contributed by atoms with Gasteiger partial charge >= 0.3 is 0 Å². The maximum Gasteiger partial charge on any atom is 0.255 e. The fourth-order valence-corrected chi connectivity index (χ4v) is 18.6. The minimum Gasteiger partial charge on any atom is -0.352 e. The first-order valence-corrected chi connectivity index (χ1v) is 45.0. The molecule has 16 heteroatoms. The predicted octanol–water partition coefficient (Wildman–Crippen LogP) is 23.4. The molecule has 21 rings (SSSR count). The molecule has 16 bridgehead atoms. The monoisotopic (exact) mass is 1620 g/mol. The SMILES string of the molecule is Cc1cc2cc(C)c1NC(=O)c1cccc(c1)C(=O)Nc1c(C)cc(cc1C)C1(CCCCC1)c1cc(C)c(c(C)c1)NC(=O)c1cc(cc(C(C)(C)C)c1)C(=O)Nc1c(C)cc(cc1C)C21CCCCC1.O=C1NCCCCCCCCCCCCNC(=O)c2cccc(c2)C(=O)NCCCCCCCCCCCCNC(=O)c2cccc1c2. The van der Waals surface area contributed by atoms with Crippen molar-refractivity contribution in [3.8, 4) is 0 Å². The summed E-state index contributed by atoms with van der Waals surface area (Å²) in [5.41, 5.74) is 19.5. The molecule has 8 amide bonds. The number of carbonyl (C=O) groups excluding carboxylic acids is 8. The molecular formula is C104H132N8O8. The molecule has 2 saturated carbocycles. The van der Waals surface area contributed by atoms with Crippen LogP contribution in [0.4, 0.5) is 22.7 Å². The zero-order valence-electron chi connectivity index (χ0n) is 73.6. The Kier molecular flexibility index (Phi) is 32.1. The molecule has 2 aliphatic carbocycles. The summed E-state index contributed by atoms with van der Waals surface area (Å²) in [5, 5.41) is 25.0. The van der Waals surface area contributed by atoms with Gasteiger partial charge in [0.15, 0.2) is 0 Å². The second kappa shape index (κ2) is 42.6. The fourth-order valence-electron chi connectivity index (χ4n) is 18.6. The van der Waals surface area contributed by atoms with Gasteiger partial charge in [-0.05, 0) is 257 Å². The molecule has 120 heavy (non-hydrogen) atoms. The van der Waals surface area contributed by atoms with Crippen LogP contribution in [-0.2, 0) is 16.2 Å². The van der Waals surface area contributed by atoms with Gasteiger partial charge in [0.25, 0.3) is 47.3 Å². The lowest BCUT2D eigenvalue weighted by Crippen LogP contribution is -2.31. The highest BCUT2D eigenvalue weighted by Gasteiger charge is 2.40. The molecule has 2 fully saturated rings. The summed E-state index contributed by atoms with van der Waals surface area (Å²) in [6, 6.07) is 44.4. The lowest BCUT2D eigenvalue weighted by atomic mass is 9.64. The Balaban J connectivity index is 0.000000256. The summed E-state index contributed by atoms with van der Waals surface area (Å²) in [4.78, 5) is 108. The van der Waals surface area contributed by atoms with Crippen LogP contribution >= 0.6 is 0 Å². The van der Waals surface area contributed by atoms with E-state index in [1.807, 2.05) is 12.1 Å². The third-order valence-electron chi connectivity index (χ3n) is 25.5. The van der Waals surface area contributed by atoms with E-state index < -0.39 is 0 Å². The molecule has 11 heterocycles. The fraction of sp³-hybridized carbons (Fsp3) is 0.462. The summed E-state index contributed by atoms with van der Waals surface area (Å²) in [7, 11) is 0. The van der Waals surface area contributed by atoms with Crippen molar-refractivity contribution in [2.45, 2.75) is 285 Å². The van der Waals surface area contributed by atoms with Crippen LogP contribution < -0.4 is 42.5 Å². The van der Waals surface area contributed by atoms with E-state index in [-0.39, 0.29) is 63.5 Å². The molecular weight excluding hydrogens is 1490 g/mol. The van der Waals surface area contributed by atoms with Gasteiger partial charge in [0.2, 0.25) is 0 Å². The van der Waals surface area contributed by atoms with Gasteiger partial charge in [0.1, 0.15) is 0 Å². The van der Waals surface area contributed by atoms with Crippen molar-refractivity contribution in [2.75, 3.05) is 47.4 Å². The van der Waals surface area contributed by atoms with E-state index in [9.17, 15) is 38.4 Å². The maximum absolute atomic E-state index is 14.5. The molecule has 0 unspecified atom stereocenters. The van der Waals surface area contributed by atoms with Crippen LogP contribution in [0.25, 0.3) is 0 Å². The van der Waals surface area contributed by atoms with Gasteiger partial charge in [0, 0.05) is 104 Å². The Labute approximate surface area is 714 Å². The number of anilines is 4. The predicted molar refractivity (Wildman–Crippen MR) is 489 cm³/mol. The standard InChI is InChI=1S/C64H72N4O4.C40H60N4O4/c1-37-25-50-26-38(2)54(37)65-58(69)45-19-18-20-46(33-45)59(70)66-55-39(3)27-51(28-40(55)4)64(23-16-13-17-24-64)53-31-43(7)57(44(8)32-53)68-61(72)48-34-47(35-49(36-48)62(9,10)11)60(71)67-56-41(5)29-52(30-42(56)6)63(50)21-14-12-15-22-63;45-37-33-23-21-25-35(31-33)39(47)43-29-19-15-11-7-3-4-8-12-16-20-30-44-40(48)36-26-22-24-34(32-36)38(46)42-28-18-14-10-6-2-1-5-9-13-17-27-41-37/h18-20,25-36H,12-17,21-24H2,1-11H3,(H,65,69)(H,66,70)(H,67,71)(H,68,72);21-26,31-32H,1-20,27-30H2,(H,41,45)(H,42,46)(H,43,47)(H,44,48). The summed E-state index contributed by atoms with van der Waals surface area (Å²) < 4.78 is 0. The Bertz CT molecular complexity index is 4520. The second-order valence-corrected chi connectivity index (χ2v) is 35.9. The molecule has 8 aromatic carbocycles. The van der Waals surface area contributed by atoms with Gasteiger partial charge in [-0.25, -0.2) is 0 Å². The molecule has 11 aliphatic heterocycles. The molecule has 8 aromatic rings. The lowest BCUT2D eigenvalue weighted by Gasteiger charge is -2.40. The quantitative estimate of drug-likeness (QED) is 0.0726. The van der Waals surface area contributed by atoms with E-state index in [0.717, 1.165) is 176 Å². The van der Waals surface area contributed by atoms with Crippen LogP contribution in [0.5, 0.6) is 0 Å². The van der Waals surface area contributed by atoms with Crippen LogP contribution in [0.3, 0.4) is 0 Å². The van der Waals surface area contributed by atoms with Crippen LogP contribution in [0.15, 0.2) is 140 Å². The van der Waals surface area contributed by atoms with Gasteiger partial charge in [-0.2, -0.15) is 0 Å². The highest BCUT2D eigenvalue weighted by Crippen LogP contribution is 2.50. The van der Waals surface area contributed by atoms with Crippen molar-refractivity contribution < 1.29 is 38.4 Å². The largest absolute Gasteiger partial charge is 0.352 e. The number of hydrogen-bond acceptors (Lipinski definition) is 8. The summed E-state index contributed by atoms with van der Waals surface area (Å²) in [6.45, 7) is 25.4. The number of hydrogen-bond donors (Lipinski definition) is 8. The highest BCUT2D eigenvalue weighted by molar-refractivity contribution is 6.11. The van der Waals surface area contributed by atoms with Crippen LogP contribution in [0, 0.1) is 55.4 Å². The van der Waals surface area contributed by atoms with E-state index in [1.54, 1.807) is 78.9 Å². The number of fused-ring (bicyclic) bond motifs is 4. The third kappa shape index (κ3) is 23.6. The third-order valence-corrected chi connectivity index (χ3v) is 25.5. The molecule has 13 aliphatic rings. The first-order chi connectivity index (χ1) is 57.7. The average molecular weight is 1620 g/mol. The zero-order chi connectivity index (χ0) is 85.5. The Morgan fingerprint density at radius 2 is 0.408 bits per heavy atom. The highest BCUT2D eigenvalue weighted by atomic mass is 16.2. The number of amides is 8. The minimum absolute atomic E-state index is 0.124. The normalized spacial score (nSPS) is 18.0. The van der Waals surface area contributed by atoms with Crippen molar-refractivity contribution in [3.05, 3.63) is 256 Å². The van der Waals surface area contributed by atoms with Crippen molar-refractivity contribution in [2.24, 2.45) is 0 Å². The Morgan fingerprint density at radius 3 is 0.625 bits per heavy atom. The zero-order valence-corrected chi connectivity index (χ0v) is 73.6. The van der Waals surface area contributed by atoms with E-state index in [2.05, 4.69) is 167 Å². The summed E-state index contributed by atoms with van der Waals surface area (Å²) in [5.74, 6) is -1.58. The first-order valence-electron chi connectivity index (χ1n) is 45.0. The van der Waals surface area contributed by atoms with Gasteiger partial charge in [-0.1, -0.05) is 229 Å². The van der Waals surface area contributed by atoms with Gasteiger partial charge in [0.05, 0.1) is 0 Å². The van der Waals surface area contributed by atoms with E-state index >= 15 is 0 Å². The smallest absolute Gasteiger partial charge is 0.255 e. The molecule has 0 atom stereocenters. The number of rotatable bonds is 0. The topological polar surface area (TPSA) is 233 Å². The molecule has 2 spiro atoms. The molecule has 16 nitrogen and oxygen atoms in total. The number of aryl methyl sites for hydroxylation is 8. The van der Waals surface area contributed by atoms with E-state index in [0.29, 0.717) is 70.7 Å². The van der Waals surface area contributed by atoms with Crippen molar-refractivity contribution in [1.29, 1.82) is 0 Å². The number of nitrogens with one attached hydrogen (secondary N) is 8. The van der Waals surface area contributed by atoms with Gasteiger partial charge in [-0.15, -0.1) is 0 Å². The number of carbonyl (C=O) groups is 8. The minimum atomic E-state index is -0.336. The molecule has 636 valence electrons. The average Bonchev–Trinajstić information content (AvgIpc) is 0.754. The maximum atomic E-state index is 14.5. The van der Waals surface area contributed by atoms with Gasteiger partial charge < -0.3 is 42.5 Å². The van der Waals surface area contributed by atoms with Crippen LogP contribution in [0.2, 0.25) is 0 Å². The Morgan fingerprint density at radius 1 is 0.225 bits per heavy atom. The van der Waals surface area contributed by atoms with Crippen molar-refractivity contribution in [1.82, 2.24) is 21.3 Å². The van der Waals surface area contributed by atoms with E-state index in [1.165, 1.54) is 112 Å². The van der Waals surface area contributed by atoms with Crippen LogP contribution in [0.1, 0.15) is 369 Å². The molecule has 0 aromatic heterocycles. The summed E-state index contributed by atoms with van der Waals surface area (Å²) in [6.07, 6.45) is 33.2. The first kappa shape index (κ1) is 90.3. The molecule has 8 N–H and O–H groups in total. The number of benzene rings is 8. The van der Waals surface area contributed by atoms with Crippen molar-refractivity contribution in [3.63, 3.8) is 0 Å². The molecule has 0 saturated heterocycles. The summed E-state index contributed by atoms with van der Waals surface area (Å²) >= 11 is 0. The second-order valence-electron chi connectivity index (χ2n) is 35.9. The Hall–Kier alpha value is -10.5. The lowest BCUT2D eigenvalue weighted by molar-refractivity contribution is 0.0937. The van der Waals surface area contributed by atoms with Crippen LogP contribution in [-0.4, -0.2) is 73.4 Å². The van der Waals surface area contributed by atoms with Gasteiger partial charge in [-0.3, -0.25) is 38.4 Å².